The fraction of sp³-hybridized carbons (Fsp3) is 0.0625. The van der Waals surface area contributed by atoms with Crippen LogP contribution in [0.1, 0.15) is 0 Å². The third kappa shape index (κ3) is 4.04. The molecule has 3 nitrogen and oxygen atoms in total. The van der Waals surface area contributed by atoms with Crippen LogP contribution in [-0.2, 0) is 0 Å². The lowest BCUT2D eigenvalue weighted by molar-refractivity contribution is -0.274. The molecule has 1 aromatic heterocycles. The van der Waals surface area contributed by atoms with Crippen LogP contribution in [0.25, 0.3) is 10.9 Å². The van der Waals surface area contributed by atoms with Crippen molar-refractivity contribution in [2.45, 2.75) is 6.36 Å². The molecule has 0 saturated carbocycles. The molecular formula is C16H10ClF3N2O. The molecule has 0 saturated heterocycles. The van der Waals surface area contributed by atoms with Gasteiger partial charge in [0.2, 0.25) is 0 Å². The molecule has 0 aliphatic carbocycles. The number of halogens is 4. The minimum absolute atomic E-state index is 0.277. The highest BCUT2D eigenvalue weighted by molar-refractivity contribution is 6.31. The molecule has 0 bridgehead atoms. The molecule has 0 aliphatic rings. The summed E-state index contributed by atoms with van der Waals surface area (Å²) in [7, 11) is 0. The average Bonchev–Trinajstić information content (AvgIpc) is 2.47. The fourth-order valence-corrected chi connectivity index (χ4v) is 2.21. The minimum atomic E-state index is -4.70. The zero-order valence-corrected chi connectivity index (χ0v) is 12.3. The van der Waals surface area contributed by atoms with Crippen molar-refractivity contribution in [2.24, 2.45) is 0 Å². The van der Waals surface area contributed by atoms with Gasteiger partial charge in [0.05, 0.1) is 5.52 Å². The molecular weight excluding hydrogens is 329 g/mol. The number of benzene rings is 2. The first-order valence-corrected chi connectivity index (χ1v) is 6.96. The Morgan fingerprint density at radius 2 is 1.65 bits per heavy atom. The monoisotopic (exact) mass is 338 g/mol. The van der Waals surface area contributed by atoms with Crippen molar-refractivity contribution in [2.75, 3.05) is 5.32 Å². The van der Waals surface area contributed by atoms with Gasteiger partial charge in [-0.25, -0.2) is 4.98 Å². The third-order valence-electron chi connectivity index (χ3n) is 3.01. The summed E-state index contributed by atoms with van der Waals surface area (Å²) < 4.78 is 40.2. The van der Waals surface area contributed by atoms with E-state index in [2.05, 4.69) is 15.0 Å². The van der Waals surface area contributed by atoms with Gasteiger partial charge in [0.25, 0.3) is 0 Å². The zero-order chi connectivity index (χ0) is 16.4. The maximum absolute atomic E-state index is 12.1. The van der Waals surface area contributed by atoms with Crippen LogP contribution in [0.4, 0.5) is 24.7 Å². The van der Waals surface area contributed by atoms with E-state index in [1.54, 1.807) is 18.2 Å². The predicted molar refractivity (Wildman–Crippen MR) is 83.2 cm³/mol. The average molecular weight is 339 g/mol. The van der Waals surface area contributed by atoms with Crippen LogP contribution in [-0.4, -0.2) is 11.3 Å². The lowest BCUT2D eigenvalue weighted by Gasteiger charge is -2.10. The Hall–Kier alpha value is -2.47. The van der Waals surface area contributed by atoms with Gasteiger partial charge >= 0.3 is 6.36 Å². The molecule has 23 heavy (non-hydrogen) atoms. The number of ether oxygens (including phenoxy) is 1. The number of pyridine rings is 1. The van der Waals surface area contributed by atoms with Crippen LogP contribution in [0.15, 0.2) is 54.6 Å². The standard InChI is InChI=1S/C16H10ClF3N2O/c17-11-3-1-10-2-8-15(22-14(10)9-11)21-12-4-6-13(7-5-12)23-16(18,19)20/h1-9H,(H,21,22). The molecule has 118 valence electrons. The highest BCUT2D eigenvalue weighted by Crippen LogP contribution is 2.26. The Morgan fingerprint density at radius 3 is 2.35 bits per heavy atom. The zero-order valence-electron chi connectivity index (χ0n) is 11.6. The van der Waals surface area contributed by atoms with E-state index >= 15 is 0 Å². The summed E-state index contributed by atoms with van der Waals surface area (Å²) in [6.07, 6.45) is -4.70. The molecule has 0 spiro atoms. The summed E-state index contributed by atoms with van der Waals surface area (Å²) >= 11 is 5.94. The molecule has 2 aromatic carbocycles. The van der Waals surface area contributed by atoms with E-state index in [1.165, 1.54) is 24.3 Å². The first-order valence-electron chi connectivity index (χ1n) is 6.58. The molecule has 7 heteroatoms. The number of nitrogens with zero attached hydrogens (tertiary/aromatic N) is 1. The van der Waals surface area contributed by atoms with Crippen molar-refractivity contribution in [1.82, 2.24) is 4.98 Å². The van der Waals surface area contributed by atoms with Gasteiger partial charge in [0.15, 0.2) is 0 Å². The Bertz CT molecular complexity index is 835. The van der Waals surface area contributed by atoms with Crippen LogP contribution >= 0.6 is 11.6 Å². The van der Waals surface area contributed by atoms with E-state index in [9.17, 15) is 13.2 Å². The number of hydrogen-bond donors (Lipinski definition) is 1. The van der Waals surface area contributed by atoms with Crippen LogP contribution < -0.4 is 10.1 Å². The van der Waals surface area contributed by atoms with Crippen molar-refractivity contribution in [3.8, 4) is 5.75 Å². The molecule has 0 amide bonds. The Kier molecular flexibility index (Phi) is 4.00. The Balaban J connectivity index is 1.79. The molecule has 3 aromatic rings. The van der Waals surface area contributed by atoms with E-state index < -0.39 is 6.36 Å². The van der Waals surface area contributed by atoms with Gasteiger partial charge in [-0.05, 0) is 48.5 Å². The van der Waals surface area contributed by atoms with Gasteiger partial charge in [-0.15, -0.1) is 13.2 Å². The SMILES string of the molecule is FC(F)(F)Oc1ccc(Nc2ccc3ccc(Cl)cc3n2)cc1. The van der Waals surface area contributed by atoms with E-state index in [-0.39, 0.29) is 5.75 Å². The normalized spacial score (nSPS) is 11.5. The fourth-order valence-electron chi connectivity index (χ4n) is 2.05. The van der Waals surface area contributed by atoms with Gasteiger partial charge in [-0.3, -0.25) is 0 Å². The number of nitrogens with one attached hydrogen (secondary N) is 1. The Morgan fingerprint density at radius 1 is 0.957 bits per heavy atom. The molecule has 0 atom stereocenters. The molecule has 0 fully saturated rings. The van der Waals surface area contributed by atoms with E-state index in [4.69, 9.17) is 11.6 Å². The molecule has 0 radical (unpaired) electrons. The number of rotatable bonds is 3. The van der Waals surface area contributed by atoms with E-state index in [0.29, 0.717) is 16.5 Å². The number of fused-ring (bicyclic) bond motifs is 1. The van der Waals surface area contributed by atoms with Crippen molar-refractivity contribution in [1.29, 1.82) is 0 Å². The molecule has 0 unspecified atom stereocenters. The summed E-state index contributed by atoms with van der Waals surface area (Å²) in [6.45, 7) is 0. The van der Waals surface area contributed by atoms with Crippen LogP contribution in [0.3, 0.4) is 0 Å². The number of aromatic nitrogens is 1. The highest BCUT2D eigenvalue weighted by Gasteiger charge is 2.30. The van der Waals surface area contributed by atoms with Crippen molar-refractivity contribution in [3.05, 3.63) is 59.6 Å². The lowest BCUT2D eigenvalue weighted by atomic mass is 10.2. The second kappa shape index (κ2) is 5.96. The van der Waals surface area contributed by atoms with Crippen LogP contribution in [0.2, 0.25) is 5.02 Å². The van der Waals surface area contributed by atoms with E-state index in [0.717, 1.165) is 10.9 Å². The summed E-state index contributed by atoms with van der Waals surface area (Å²) in [4.78, 5) is 4.41. The van der Waals surface area contributed by atoms with Gasteiger partial charge in [-0.2, -0.15) is 0 Å². The smallest absolute Gasteiger partial charge is 0.406 e. The van der Waals surface area contributed by atoms with Crippen molar-refractivity contribution < 1.29 is 17.9 Å². The minimum Gasteiger partial charge on any atom is -0.406 e. The van der Waals surface area contributed by atoms with Gasteiger partial charge in [0, 0.05) is 16.1 Å². The maximum atomic E-state index is 12.1. The third-order valence-corrected chi connectivity index (χ3v) is 3.25. The second-order valence-electron chi connectivity index (χ2n) is 4.73. The van der Waals surface area contributed by atoms with Crippen molar-refractivity contribution >= 4 is 34.0 Å². The highest BCUT2D eigenvalue weighted by atomic mass is 35.5. The summed E-state index contributed by atoms with van der Waals surface area (Å²) in [5, 5.41) is 4.53. The van der Waals surface area contributed by atoms with Gasteiger partial charge in [-0.1, -0.05) is 17.7 Å². The molecule has 0 aliphatic heterocycles. The summed E-state index contributed by atoms with van der Waals surface area (Å²) in [6, 6.07) is 14.4. The quantitative estimate of drug-likeness (QED) is 0.681. The second-order valence-corrected chi connectivity index (χ2v) is 5.17. The largest absolute Gasteiger partial charge is 0.573 e. The van der Waals surface area contributed by atoms with Crippen LogP contribution in [0, 0.1) is 0 Å². The van der Waals surface area contributed by atoms with E-state index in [1.807, 2.05) is 12.1 Å². The predicted octanol–water partition coefficient (Wildman–Crippen LogP) is 5.53. The topological polar surface area (TPSA) is 34.1 Å². The molecule has 1 N–H and O–H groups in total. The summed E-state index contributed by atoms with van der Waals surface area (Å²) in [5.41, 5.74) is 1.31. The Labute approximate surface area is 134 Å². The number of hydrogen-bond acceptors (Lipinski definition) is 3. The van der Waals surface area contributed by atoms with Crippen molar-refractivity contribution in [3.63, 3.8) is 0 Å². The van der Waals surface area contributed by atoms with Gasteiger partial charge in [0.1, 0.15) is 11.6 Å². The van der Waals surface area contributed by atoms with Gasteiger partial charge < -0.3 is 10.1 Å². The maximum Gasteiger partial charge on any atom is 0.573 e. The molecule has 3 rings (SSSR count). The summed E-state index contributed by atoms with van der Waals surface area (Å²) in [5.74, 6) is 0.283. The lowest BCUT2D eigenvalue weighted by Crippen LogP contribution is -2.16. The first-order chi connectivity index (χ1) is 10.9. The first kappa shape index (κ1) is 15.4. The number of anilines is 2. The number of alkyl halides is 3. The molecule has 1 heterocycles. The van der Waals surface area contributed by atoms with Crippen LogP contribution in [0.5, 0.6) is 5.75 Å².